The van der Waals surface area contributed by atoms with Crippen LogP contribution in [0.25, 0.3) is 0 Å². The monoisotopic (exact) mass is 207 g/mol. The molecule has 6 nitrogen and oxygen atoms in total. The first-order valence-corrected chi connectivity index (χ1v) is 4.72. The van der Waals surface area contributed by atoms with Gasteiger partial charge < -0.3 is 10.3 Å². The van der Waals surface area contributed by atoms with Gasteiger partial charge in [-0.05, 0) is 13.8 Å². The zero-order chi connectivity index (χ0) is 10.8. The van der Waals surface area contributed by atoms with E-state index in [1.807, 2.05) is 19.9 Å². The molecule has 0 saturated heterocycles. The molecule has 0 atom stereocenters. The largest absolute Gasteiger partial charge is 0.359 e. The van der Waals surface area contributed by atoms with Crippen molar-refractivity contribution in [1.82, 2.24) is 20.2 Å². The third-order valence-electron chi connectivity index (χ3n) is 2.25. The van der Waals surface area contributed by atoms with Crippen LogP contribution in [0.2, 0.25) is 0 Å². The van der Waals surface area contributed by atoms with Gasteiger partial charge in [0.05, 0.1) is 17.1 Å². The Kier molecular flexibility index (Phi) is 2.51. The molecule has 2 aromatic rings. The molecule has 2 aromatic heterocycles. The van der Waals surface area contributed by atoms with Gasteiger partial charge in [-0.1, -0.05) is 10.4 Å². The summed E-state index contributed by atoms with van der Waals surface area (Å²) in [4.78, 5) is 0. The lowest BCUT2D eigenvalue weighted by Crippen LogP contribution is -2.04. The second kappa shape index (κ2) is 3.82. The Morgan fingerprint density at radius 2 is 2.27 bits per heavy atom. The first-order valence-electron chi connectivity index (χ1n) is 4.72. The number of aromatic nitrogens is 4. The quantitative estimate of drug-likeness (QED) is 0.787. The van der Waals surface area contributed by atoms with Gasteiger partial charge >= 0.3 is 0 Å². The van der Waals surface area contributed by atoms with Crippen molar-refractivity contribution >= 4 is 0 Å². The average molecular weight is 207 g/mol. The lowest BCUT2D eigenvalue weighted by atomic mass is 10.3. The molecule has 0 aliphatic carbocycles. The predicted molar refractivity (Wildman–Crippen MR) is 53.0 cm³/mol. The van der Waals surface area contributed by atoms with Crippen molar-refractivity contribution in [1.29, 1.82) is 0 Å². The molecule has 0 amide bonds. The summed E-state index contributed by atoms with van der Waals surface area (Å²) in [6, 6.07) is 1.88. The molecule has 15 heavy (non-hydrogen) atoms. The van der Waals surface area contributed by atoms with E-state index in [4.69, 9.17) is 10.3 Å². The molecule has 0 aliphatic rings. The van der Waals surface area contributed by atoms with Crippen LogP contribution in [0, 0.1) is 13.8 Å². The highest BCUT2D eigenvalue weighted by atomic mass is 16.5. The van der Waals surface area contributed by atoms with Crippen LogP contribution in [0.3, 0.4) is 0 Å². The molecule has 0 fully saturated rings. The fourth-order valence-corrected chi connectivity index (χ4v) is 1.37. The zero-order valence-electron chi connectivity index (χ0n) is 8.77. The maximum Gasteiger partial charge on any atom is 0.158 e. The number of rotatable bonds is 3. The molecule has 0 aromatic carbocycles. The molecule has 2 heterocycles. The Morgan fingerprint density at radius 3 is 2.80 bits per heavy atom. The van der Waals surface area contributed by atoms with Crippen molar-refractivity contribution in [3.05, 3.63) is 28.9 Å². The van der Waals surface area contributed by atoms with Crippen LogP contribution in [0.5, 0.6) is 0 Å². The highest BCUT2D eigenvalue weighted by Gasteiger charge is 2.09. The van der Waals surface area contributed by atoms with E-state index in [-0.39, 0.29) is 0 Å². The third-order valence-corrected chi connectivity index (χ3v) is 2.25. The minimum atomic E-state index is 0.404. The fraction of sp³-hybridized carbons (Fsp3) is 0.444. The molecule has 80 valence electrons. The van der Waals surface area contributed by atoms with Crippen LogP contribution in [0.1, 0.15) is 22.8 Å². The van der Waals surface area contributed by atoms with Crippen LogP contribution in [0.15, 0.2) is 10.6 Å². The second-order valence-electron chi connectivity index (χ2n) is 3.42. The number of aryl methyl sites for hydroxylation is 1. The summed E-state index contributed by atoms with van der Waals surface area (Å²) in [5.41, 5.74) is 8.15. The average Bonchev–Trinajstić information content (AvgIpc) is 2.76. The summed E-state index contributed by atoms with van der Waals surface area (Å²) in [5, 5.41) is 11.8. The standard InChI is InChI=1S/C9H13N5O/c1-6-3-8(15-12-6)5-14-7(2)9(4-10)11-13-14/h3H,4-5,10H2,1-2H3. The third kappa shape index (κ3) is 1.89. The SMILES string of the molecule is Cc1cc(Cn2nnc(CN)c2C)on1. The molecule has 2 rings (SSSR count). The molecular formula is C9H13N5O. The predicted octanol–water partition coefficient (Wildman–Crippen LogP) is 0.390. The van der Waals surface area contributed by atoms with E-state index in [1.54, 1.807) is 4.68 Å². The Balaban J connectivity index is 2.21. The smallest absolute Gasteiger partial charge is 0.158 e. The van der Waals surface area contributed by atoms with Gasteiger partial charge in [0.25, 0.3) is 0 Å². The van der Waals surface area contributed by atoms with Crippen LogP contribution in [-0.4, -0.2) is 20.2 Å². The van der Waals surface area contributed by atoms with E-state index in [9.17, 15) is 0 Å². The van der Waals surface area contributed by atoms with Crippen molar-refractivity contribution in [3.63, 3.8) is 0 Å². The van der Waals surface area contributed by atoms with Gasteiger partial charge in [0.2, 0.25) is 0 Å². The second-order valence-corrected chi connectivity index (χ2v) is 3.42. The highest BCUT2D eigenvalue weighted by molar-refractivity contribution is 5.10. The molecule has 0 bridgehead atoms. The number of nitrogens with zero attached hydrogens (tertiary/aromatic N) is 4. The zero-order valence-corrected chi connectivity index (χ0v) is 8.77. The number of nitrogens with two attached hydrogens (primary N) is 1. The van der Waals surface area contributed by atoms with E-state index in [0.717, 1.165) is 22.8 Å². The molecular weight excluding hydrogens is 194 g/mol. The maximum atomic E-state index is 5.51. The first kappa shape index (κ1) is 9.85. The lowest BCUT2D eigenvalue weighted by Gasteiger charge is -1.99. The van der Waals surface area contributed by atoms with E-state index >= 15 is 0 Å². The summed E-state index contributed by atoms with van der Waals surface area (Å²) in [5.74, 6) is 0.768. The van der Waals surface area contributed by atoms with Crippen LogP contribution in [-0.2, 0) is 13.1 Å². The van der Waals surface area contributed by atoms with Crippen LogP contribution < -0.4 is 5.73 Å². The number of hydrogen-bond donors (Lipinski definition) is 1. The fourth-order valence-electron chi connectivity index (χ4n) is 1.37. The van der Waals surface area contributed by atoms with Gasteiger partial charge in [-0.15, -0.1) is 5.10 Å². The van der Waals surface area contributed by atoms with Crippen molar-refractivity contribution in [3.8, 4) is 0 Å². The Bertz CT molecular complexity index is 459. The van der Waals surface area contributed by atoms with Gasteiger partial charge in [-0.3, -0.25) is 0 Å². The van der Waals surface area contributed by atoms with Gasteiger partial charge in [0, 0.05) is 12.6 Å². The van der Waals surface area contributed by atoms with E-state index in [0.29, 0.717) is 13.1 Å². The van der Waals surface area contributed by atoms with Crippen molar-refractivity contribution in [2.45, 2.75) is 26.9 Å². The Hall–Kier alpha value is -1.69. The summed E-state index contributed by atoms with van der Waals surface area (Å²) >= 11 is 0. The number of hydrogen-bond acceptors (Lipinski definition) is 5. The Labute approximate surface area is 87.0 Å². The molecule has 6 heteroatoms. The molecule has 0 aliphatic heterocycles. The molecule has 0 radical (unpaired) electrons. The van der Waals surface area contributed by atoms with E-state index in [1.165, 1.54) is 0 Å². The van der Waals surface area contributed by atoms with Gasteiger partial charge in [0.1, 0.15) is 6.54 Å². The topological polar surface area (TPSA) is 82.8 Å². The minimum absolute atomic E-state index is 0.404. The Morgan fingerprint density at radius 1 is 1.47 bits per heavy atom. The van der Waals surface area contributed by atoms with Crippen molar-refractivity contribution in [2.75, 3.05) is 0 Å². The van der Waals surface area contributed by atoms with Crippen LogP contribution in [0.4, 0.5) is 0 Å². The van der Waals surface area contributed by atoms with Gasteiger partial charge in [-0.25, -0.2) is 4.68 Å². The summed E-state index contributed by atoms with van der Waals surface area (Å²) in [7, 11) is 0. The molecule has 0 spiro atoms. The summed E-state index contributed by atoms with van der Waals surface area (Å²) in [6.07, 6.45) is 0. The minimum Gasteiger partial charge on any atom is -0.359 e. The first-order chi connectivity index (χ1) is 7.20. The van der Waals surface area contributed by atoms with Gasteiger partial charge in [0.15, 0.2) is 5.76 Å². The van der Waals surface area contributed by atoms with Gasteiger partial charge in [-0.2, -0.15) is 0 Å². The van der Waals surface area contributed by atoms with E-state index in [2.05, 4.69) is 15.5 Å². The maximum absolute atomic E-state index is 5.51. The lowest BCUT2D eigenvalue weighted by molar-refractivity contribution is 0.365. The summed E-state index contributed by atoms with van der Waals surface area (Å²) < 4.78 is 6.85. The highest BCUT2D eigenvalue weighted by Crippen LogP contribution is 2.08. The van der Waals surface area contributed by atoms with Crippen LogP contribution >= 0.6 is 0 Å². The van der Waals surface area contributed by atoms with Crippen molar-refractivity contribution < 1.29 is 4.52 Å². The van der Waals surface area contributed by atoms with Crippen molar-refractivity contribution in [2.24, 2.45) is 5.73 Å². The molecule has 2 N–H and O–H groups in total. The van der Waals surface area contributed by atoms with E-state index < -0.39 is 0 Å². The summed E-state index contributed by atoms with van der Waals surface area (Å²) in [6.45, 7) is 4.76. The molecule has 0 unspecified atom stereocenters. The molecule has 0 saturated carbocycles. The normalized spacial score (nSPS) is 10.9.